The molecule has 3 atom stereocenters. The summed E-state index contributed by atoms with van der Waals surface area (Å²) in [6, 6.07) is 13.4. The molecule has 2 fully saturated rings. The fourth-order valence-electron chi connectivity index (χ4n) is 4.65. The molecule has 2 saturated heterocycles. The monoisotopic (exact) mass is 424 g/mol. The molecule has 1 aromatic carbocycles. The molecule has 3 aliphatic heterocycles. The lowest BCUT2D eigenvalue weighted by Crippen LogP contribution is -2.37. The number of methoxy groups -OCH3 is 1. The number of hydrogen-bond donors (Lipinski definition) is 0. The number of nitrogens with zero attached hydrogens (tertiary/aromatic N) is 4. The third-order valence-electron chi connectivity index (χ3n) is 6.23. The van der Waals surface area contributed by atoms with Crippen LogP contribution in [-0.4, -0.2) is 60.3 Å². The predicted molar refractivity (Wildman–Crippen MR) is 122 cm³/mol. The van der Waals surface area contributed by atoms with E-state index in [1.165, 1.54) is 5.56 Å². The Morgan fingerprint density at radius 3 is 2.80 bits per heavy atom. The van der Waals surface area contributed by atoms with Crippen molar-refractivity contribution < 1.29 is 9.47 Å². The van der Waals surface area contributed by atoms with Crippen LogP contribution in [0, 0.1) is 0 Å². The Labute approximate surface area is 182 Å². The Morgan fingerprint density at radius 1 is 1.20 bits per heavy atom. The van der Waals surface area contributed by atoms with Crippen molar-refractivity contribution in [1.29, 1.82) is 0 Å². The summed E-state index contributed by atoms with van der Waals surface area (Å²) < 4.78 is 11.4. The van der Waals surface area contributed by atoms with Crippen molar-refractivity contribution in [2.75, 3.05) is 44.1 Å². The summed E-state index contributed by atoms with van der Waals surface area (Å²) in [7, 11) is 1.76. The van der Waals surface area contributed by atoms with E-state index in [1.54, 1.807) is 7.11 Å². The van der Waals surface area contributed by atoms with Gasteiger partial charge in [-0.25, -0.2) is 0 Å². The SMILES string of the molecule is CC[C@@H]1CSC2=N[C@@H](c3ccccn3)[C@@H](c3ccc(N4CCOCC4)c(OC)c3)N21. The third-order valence-corrected chi connectivity index (χ3v) is 7.35. The van der Waals surface area contributed by atoms with Gasteiger partial charge in [-0.15, -0.1) is 0 Å². The van der Waals surface area contributed by atoms with E-state index in [0.717, 1.165) is 60.8 Å². The summed E-state index contributed by atoms with van der Waals surface area (Å²) in [4.78, 5) is 14.6. The molecule has 0 amide bonds. The second-order valence-corrected chi connectivity index (χ2v) is 8.85. The first-order chi connectivity index (χ1) is 14.8. The maximum atomic E-state index is 5.85. The predicted octanol–water partition coefficient (Wildman–Crippen LogP) is 3.91. The third kappa shape index (κ3) is 3.44. The lowest BCUT2D eigenvalue weighted by Gasteiger charge is -2.33. The Balaban J connectivity index is 1.54. The van der Waals surface area contributed by atoms with Gasteiger partial charge in [-0.2, -0.15) is 0 Å². The van der Waals surface area contributed by atoms with Gasteiger partial charge in [0.1, 0.15) is 11.8 Å². The normalized spacial score (nSPS) is 25.9. The van der Waals surface area contributed by atoms with Crippen LogP contribution >= 0.6 is 11.8 Å². The highest BCUT2D eigenvalue weighted by molar-refractivity contribution is 8.14. The highest BCUT2D eigenvalue weighted by Crippen LogP contribution is 2.49. The summed E-state index contributed by atoms with van der Waals surface area (Å²) in [5.41, 5.74) is 3.40. The zero-order valence-electron chi connectivity index (χ0n) is 17.5. The van der Waals surface area contributed by atoms with Gasteiger partial charge >= 0.3 is 0 Å². The summed E-state index contributed by atoms with van der Waals surface area (Å²) in [5.74, 6) is 2.02. The van der Waals surface area contributed by atoms with E-state index >= 15 is 0 Å². The fraction of sp³-hybridized carbons (Fsp3) is 0.478. The molecule has 158 valence electrons. The van der Waals surface area contributed by atoms with Crippen molar-refractivity contribution in [2.45, 2.75) is 31.5 Å². The topological polar surface area (TPSA) is 50.2 Å². The van der Waals surface area contributed by atoms with Crippen LogP contribution in [-0.2, 0) is 4.74 Å². The highest BCUT2D eigenvalue weighted by atomic mass is 32.2. The quantitative estimate of drug-likeness (QED) is 0.726. The molecule has 4 heterocycles. The van der Waals surface area contributed by atoms with Crippen LogP contribution in [0.1, 0.15) is 36.7 Å². The average molecular weight is 425 g/mol. The van der Waals surface area contributed by atoms with E-state index in [-0.39, 0.29) is 12.1 Å². The lowest BCUT2D eigenvalue weighted by atomic mass is 9.94. The number of ether oxygens (including phenoxy) is 2. The minimum atomic E-state index is 0.00185. The van der Waals surface area contributed by atoms with E-state index in [9.17, 15) is 0 Å². The molecule has 0 radical (unpaired) electrons. The van der Waals surface area contributed by atoms with Gasteiger partial charge < -0.3 is 19.3 Å². The van der Waals surface area contributed by atoms with Crippen molar-refractivity contribution in [2.24, 2.45) is 4.99 Å². The van der Waals surface area contributed by atoms with Crippen molar-refractivity contribution in [1.82, 2.24) is 9.88 Å². The van der Waals surface area contributed by atoms with Crippen LogP contribution in [0.5, 0.6) is 5.75 Å². The van der Waals surface area contributed by atoms with Gasteiger partial charge in [0.25, 0.3) is 0 Å². The number of aliphatic imine (C=N–C) groups is 1. The molecular formula is C23H28N4O2S. The fourth-order valence-corrected chi connectivity index (χ4v) is 5.99. The van der Waals surface area contributed by atoms with Crippen molar-refractivity contribution in [3.8, 4) is 5.75 Å². The summed E-state index contributed by atoms with van der Waals surface area (Å²) in [6.07, 6.45) is 2.98. The number of benzene rings is 1. The van der Waals surface area contributed by atoms with Crippen LogP contribution < -0.4 is 9.64 Å². The summed E-state index contributed by atoms with van der Waals surface area (Å²) >= 11 is 1.87. The average Bonchev–Trinajstić information content (AvgIpc) is 3.39. The van der Waals surface area contributed by atoms with Crippen molar-refractivity contribution >= 4 is 22.6 Å². The van der Waals surface area contributed by atoms with Gasteiger partial charge in [0, 0.05) is 31.1 Å². The lowest BCUT2D eigenvalue weighted by molar-refractivity contribution is 0.122. The van der Waals surface area contributed by atoms with Crippen molar-refractivity contribution in [3.63, 3.8) is 0 Å². The number of fused-ring (bicyclic) bond motifs is 1. The highest BCUT2D eigenvalue weighted by Gasteiger charge is 2.45. The molecule has 3 aliphatic rings. The molecule has 2 aromatic rings. The van der Waals surface area contributed by atoms with E-state index in [0.29, 0.717) is 6.04 Å². The van der Waals surface area contributed by atoms with Crippen LogP contribution in [0.3, 0.4) is 0 Å². The molecule has 0 unspecified atom stereocenters. The van der Waals surface area contributed by atoms with Crippen LogP contribution in [0.15, 0.2) is 47.6 Å². The first-order valence-corrected chi connectivity index (χ1v) is 11.7. The van der Waals surface area contributed by atoms with E-state index < -0.39 is 0 Å². The minimum absolute atomic E-state index is 0.00185. The van der Waals surface area contributed by atoms with Crippen LogP contribution in [0.2, 0.25) is 0 Å². The number of hydrogen-bond acceptors (Lipinski definition) is 7. The van der Waals surface area contributed by atoms with Crippen LogP contribution in [0.25, 0.3) is 0 Å². The summed E-state index contributed by atoms with van der Waals surface area (Å²) in [6.45, 7) is 5.57. The molecule has 0 spiro atoms. The maximum absolute atomic E-state index is 5.85. The number of morpholine rings is 1. The Bertz CT molecular complexity index is 917. The zero-order chi connectivity index (χ0) is 20.5. The van der Waals surface area contributed by atoms with Gasteiger partial charge in [-0.3, -0.25) is 9.98 Å². The zero-order valence-corrected chi connectivity index (χ0v) is 18.3. The van der Waals surface area contributed by atoms with Gasteiger partial charge in [-0.05, 0) is 36.2 Å². The largest absolute Gasteiger partial charge is 0.495 e. The minimum Gasteiger partial charge on any atom is -0.495 e. The molecule has 5 rings (SSSR count). The Morgan fingerprint density at radius 2 is 2.07 bits per heavy atom. The van der Waals surface area contributed by atoms with Gasteiger partial charge in [0.15, 0.2) is 5.17 Å². The maximum Gasteiger partial charge on any atom is 0.160 e. The van der Waals surface area contributed by atoms with Gasteiger partial charge in [-0.1, -0.05) is 30.8 Å². The second-order valence-electron chi connectivity index (χ2n) is 7.87. The Kier molecular flexibility index (Phi) is 5.56. The van der Waals surface area contributed by atoms with Gasteiger partial charge in [0.05, 0.1) is 37.7 Å². The molecule has 0 N–H and O–H groups in total. The molecule has 30 heavy (non-hydrogen) atoms. The van der Waals surface area contributed by atoms with E-state index in [4.69, 9.17) is 14.5 Å². The smallest absolute Gasteiger partial charge is 0.160 e. The molecule has 6 nitrogen and oxygen atoms in total. The number of thioether (sulfide) groups is 1. The molecule has 0 saturated carbocycles. The first-order valence-electron chi connectivity index (χ1n) is 10.7. The molecule has 0 bridgehead atoms. The Hall–Kier alpha value is -2.25. The van der Waals surface area contributed by atoms with E-state index in [2.05, 4.69) is 52.0 Å². The number of rotatable bonds is 5. The number of pyridine rings is 1. The molecule has 1 aromatic heterocycles. The first kappa shape index (κ1) is 19.7. The van der Waals surface area contributed by atoms with Crippen LogP contribution in [0.4, 0.5) is 5.69 Å². The number of aromatic nitrogens is 1. The van der Waals surface area contributed by atoms with Gasteiger partial charge in [0.2, 0.25) is 0 Å². The second kappa shape index (κ2) is 8.47. The number of amidine groups is 1. The molecule has 0 aliphatic carbocycles. The van der Waals surface area contributed by atoms with E-state index in [1.807, 2.05) is 24.0 Å². The molecule has 7 heteroatoms. The summed E-state index contributed by atoms with van der Waals surface area (Å²) in [5, 5.41) is 1.15. The number of anilines is 1. The molecular weight excluding hydrogens is 396 g/mol. The van der Waals surface area contributed by atoms with Crippen molar-refractivity contribution in [3.05, 3.63) is 53.9 Å². The standard InChI is InChI=1S/C23H28N4O2S/c1-3-17-15-30-23-25-21(18-6-4-5-9-24-18)22(27(17)23)16-7-8-19(20(14-16)28-2)26-10-12-29-13-11-26/h4-9,14,17,21-22H,3,10-13,15H2,1-2H3/t17-,21+,22-/m1/s1.